The maximum absolute atomic E-state index is 5.44. The maximum atomic E-state index is 5.44. The molecule has 0 aliphatic heterocycles. The Morgan fingerprint density at radius 1 is 1.04 bits per heavy atom. The first-order valence-electron chi connectivity index (χ1n) is 9.96. The van der Waals surface area contributed by atoms with Crippen LogP contribution in [-0.2, 0) is 7.05 Å². The summed E-state index contributed by atoms with van der Waals surface area (Å²) >= 11 is 5.44. The quantitative estimate of drug-likeness (QED) is 0.375. The van der Waals surface area contributed by atoms with Crippen LogP contribution in [0.4, 0.5) is 0 Å². The molecule has 28 heavy (non-hydrogen) atoms. The lowest BCUT2D eigenvalue weighted by Gasteiger charge is -2.23. The predicted molar refractivity (Wildman–Crippen MR) is 122 cm³/mol. The average molecular weight is 391 g/mol. The number of hydrazone groups is 1. The van der Waals surface area contributed by atoms with Crippen molar-refractivity contribution >= 4 is 34.4 Å². The molecule has 1 saturated carbocycles. The van der Waals surface area contributed by atoms with E-state index in [0.717, 1.165) is 11.3 Å². The lowest BCUT2D eigenvalue weighted by molar-refractivity contribution is 0.412. The summed E-state index contributed by atoms with van der Waals surface area (Å²) < 4.78 is 2.23. The molecule has 1 fully saturated rings. The highest BCUT2D eigenvalue weighted by Gasteiger charge is 2.16. The molecule has 1 aliphatic rings. The van der Waals surface area contributed by atoms with E-state index < -0.39 is 0 Å². The fraction of sp³-hybridized carbons (Fsp3) is 0.304. The van der Waals surface area contributed by atoms with Gasteiger partial charge in [0.2, 0.25) is 0 Å². The zero-order valence-electron chi connectivity index (χ0n) is 16.2. The molecule has 0 amide bonds. The van der Waals surface area contributed by atoms with Gasteiger partial charge in [-0.2, -0.15) is 5.10 Å². The van der Waals surface area contributed by atoms with Gasteiger partial charge in [0.15, 0.2) is 5.11 Å². The Balaban J connectivity index is 1.59. The van der Waals surface area contributed by atoms with E-state index in [0.29, 0.717) is 11.2 Å². The number of hydrogen-bond acceptors (Lipinski definition) is 2. The van der Waals surface area contributed by atoms with Crippen molar-refractivity contribution in [2.45, 2.75) is 38.1 Å². The molecule has 5 heteroatoms. The number of aromatic nitrogens is 1. The van der Waals surface area contributed by atoms with Crippen molar-refractivity contribution in [3.8, 4) is 11.3 Å². The van der Waals surface area contributed by atoms with E-state index >= 15 is 0 Å². The third kappa shape index (κ3) is 3.94. The van der Waals surface area contributed by atoms with Crippen LogP contribution in [0, 0.1) is 0 Å². The average Bonchev–Trinajstić information content (AvgIpc) is 3.01. The topological polar surface area (TPSA) is 41.4 Å². The standard InChI is InChI=1S/C23H26N4S/c1-27-21-15-9-8-14-19(21)20(22(27)17-10-4-2-5-11-17)16-24-26-23(28)25-18-12-6-3-7-13-18/h2,4-5,8-11,14-16,18H,3,6-7,12-13H2,1H3,(H2,25,26,28)/b24-16+. The molecule has 1 aliphatic carbocycles. The molecule has 0 spiro atoms. The van der Waals surface area contributed by atoms with Crippen LogP contribution in [0.3, 0.4) is 0 Å². The molecule has 3 aromatic rings. The fourth-order valence-electron chi connectivity index (χ4n) is 4.12. The molecule has 4 rings (SSSR count). The van der Waals surface area contributed by atoms with Crippen LogP contribution in [0.2, 0.25) is 0 Å². The van der Waals surface area contributed by atoms with Gasteiger partial charge in [0.05, 0.1) is 11.9 Å². The van der Waals surface area contributed by atoms with Gasteiger partial charge < -0.3 is 9.88 Å². The smallest absolute Gasteiger partial charge is 0.187 e. The first kappa shape index (κ1) is 18.7. The second kappa shape index (κ2) is 8.57. The van der Waals surface area contributed by atoms with E-state index in [2.05, 4.69) is 76.0 Å². The molecule has 0 bridgehead atoms. The number of fused-ring (bicyclic) bond motifs is 1. The summed E-state index contributed by atoms with van der Waals surface area (Å²) in [6.45, 7) is 0. The van der Waals surface area contributed by atoms with Crippen molar-refractivity contribution in [2.24, 2.45) is 12.1 Å². The number of nitrogens with one attached hydrogen (secondary N) is 2. The summed E-state index contributed by atoms with van der Waals surface area (Å²) in [4.78, 5) is 0. The van der Waals surface area contributed by atoms with E-state index in [-0.39, 0.29) is 0 Å². The van der Waals surface area contributed by atoms with E-state index in [1.54, 1.807) is 0 Å². The Labute approximate surface area is 171 Å². The van der Waals surface area contributed by atoms with Crippen LogP contribution in [0.15, 0.2) is 59.7 Å². The van der Waals surface area contributed by atoms with Crippen LogP contribution >= 0.6 is 12.2 Å². The Morgan fingerprint density at radius 3 is 2.54 bits per heavy atom. The zero-order valence-corrected chi connectivity index (χ0v) is 17.0. The van der Waals surface area contributed by atoms with Gasteiger partial charge in [-0.25, -0.2) is 0 Å². The van der Waals surface area contributed by atoms with E-state index in [9.17, 15) is 0 Å². The minimum absolute atomic E-state index is 0.474. The Kier molecular flexibility index (Phi) is 5.72. The molecule has 2 aromatic carbocycles. The number of thiocarbonyl (C=S) groups is 1. The maximum Gasteiger partial charge on any atom is 0.187 e. The third-order valence-corrected chi connectivity index (χ3v) is 5.70. The van der Waals surface area contributed by atoms with Crippen LogP contribution in [0.1, 0.15) is 37.7 Å². The van der Waals surface area contributed by atoms with Crippen molar-refractivity contribution < 1.29 is 0 Å². The second-order valence-electron chi connectivity index (χ2n) is 7.38. The van der Waals surface area contributed by atoms with Gasteiger partial charge in [0.1, 0.15) is 0 Å². The molecule has 144 valence electrons. The number of para-hydroxylation sites is 1. The molecule has 0 radical (unpaired) electrons. The number of nitrogens with zero attached hydrogens (tertiary/aromatic N) is 2. The molecule has 1 aromatic heterocycles. The molecule has 0 saturated heterocycles. The van der Waals surface area contributed by atoms with Crippen LogP contribution in [-0.4, -0.2) is 21.9 Å². The van der Waals surface area contributed by atoms with Crippen molar-refractivity contribution in [3.63, 3.8) is 0 Å². The van der Waals surface area contributed by atoms with E-state index in [4.69, 9.17) is 12.2 Å². The number of rotatable bonds is 4. The zero-order chi connectivity index (χ0) is 19.3. The summed E-state index contributed by atoms with van der Waals surface area (Å²) in [5.41, 5.74) is 7.62. The summed E-state index contributed by atoms with van der Waals surface area (Å²) in [6, 6.07) is 19.3. The number of hydrogen-bond donors (Lipinski definition) is 2. The van der Waals surface area contributed by atoms with Gasteiger partial charge in [-0.15, -0.1) is 0 Å². The third-order valence-electron chi connectivity index (χ3n) is 5.49. The molecular formula is C23H26N4S. The number of benzene rings is 2. The van der Waals surface area contributed by atoms with Crippen LogP contribution < -0.4 is 10.7 Å². The molecule has 0 unspecified atom stereocenters. The van der Waals surface area contributed by atoms with Crippen molar-refractivity contribution in [1.29, 1.82) is 0 Å². The van der Waals surface area contributed by atoms with Crippen molar-refractivity contribution in [1.82, 2.24) is 15.3 Å². The minimum atomic E-state index is 0.474. The van der Waals surface area contributed by atoms with Crippen molar-refractivity contribution in [2.75, 3.05) is 0 Å². The largest absolute Gasteiger partial charge is 0.359 e. The molecule has 0 atom stereocenters. The monoisotopic (exact) mass is 390 g/mol. The molecule has 1 heterocycles. The van der Waals surface area contributed by atoms with Crippen LogP contribution in [0.25, 0.3) is 22.2 Å². The SMILES string of the molecule is Cn1c(-c2ccccc2)c(/C=N/NC(=S)NC2CCCCC2)c2ccccc21. The first-order chi connectivity index (χ1) is 13.7. The summed E-state index contributed by atoms with van der Waals surface area (Å²) in [6.07, 6.45) is 8.15. The Bertz CT molecular complexity index is 985. The predicted octanol–water partition coefficient (Wildman–Crippen LogP) is 4.98. The lowest BCUT2D eigenvalue weighted by Crippen LogP contribution is -2.40. The Morgan fingerprint density at radius 2 is 1.75 bits per heavy atom. The lowest BCUT2D eigenvalue weighted by atomic mass is 9.96. The molecule has 2 N–H and O–H groups in total. The molecular weight excluding hydrogens is 364 g/mol. The molecule has 4 nitrogen and oxygen atoms in total. The van der Waals surface area contributed by atoms with Gasteiger partial charge >= 0.3 is 0 Å². The van der Waals surface area contributed by atoms with E-state index in [1.165, 1.54) is 48.6 Å². The van der Waals surface area contributed by atoms with Crippen LogP contribution in [0.5, 0.6) is 0 Å². The highest BCUT2D eigenvalue weighted by atomic mass is 32.1. The van der Waals surface area contributed by atoms with E-state index in [1.807, 2.05) is 12.3 Å². The summed E-state index contributed by atoms with van der Waals surface area (Å²) in [7, 11) is 2.10. The van der Waals surface area contributed by atoms with Gasteiger partial charge in [-0.3, -0.25) is 5.43 Å². The number of aryl methyl sites for hydroxylation is 1. The summed E-state index contributed by atoms with van der Waals surface area (Å²) in [5, 5.41) is 9.64. The van der Waals surface area contributed by atoms with Crippen molar-refractivity contribution in [3.05, 3.63) is 60.2 Å². The normalized spacial score (nSPS) is 15.2. The second-order valence-corrected chi connectivity index (χ2v) is 7.79. The Hall–Kier alpha value is -2.66. The van der Waals surface area contributed by atoms with Gasteiger partial charge in [-0.1, -0.05) is 67.8 Å². The summed E-state index contributed by atoms with van der Waals surface area (Å²) in [5.74, 6) is 0. The van der Waals surface area contributed by atoms with Gasteiger partial charge in [0.25, 0.3) is 0 Å². The van der Waals surface area contributed by atoms with Gasteiger partial charge in [-0.05, 0) is 36.7 Å². The fourth-order valence-corrected chi connectivity index (χ4v) is 4.34. The first-order valence-corrected chi connectivity index (χ1v) is 10.4. The minimum Gasteiger partial charge on any atom is -0.359 e. The highest BCUT2D eigenvalue weighted by Crippen LogP contribution is 2.31. The highest BCUT2D eigenvalue weighted by molar-refractivity contribution is 7.80. The van der Waals surface area contributed by atoms with Gasteiger partial charge in [0, 0.05) is 29.6 Å².